The van der Waals surface area contributed by atoms with Crippen LogP contribution in [0.3, 0.4) is 0 Å². The van der Waals surface area contributed by atoms with E-state index in [0.717, 1.165) is 18.5 Å². The first-order chi connectivity index (χ1) is 9.95. The van der Waals surface area contributed by atoms with Gasteiger partial charge in [-0.1, -0.05) is 25.0 Å². The molecule has 0 radical (unpaired) electrons. The van der Waals surface area contributed by atoms with E-state index in [2.05, 4.69) is 11.6 Å². The second kappa shape index (κ2) is 9.46. The second-order valence-corrected chi connectivity index (χ2v) is 7.75. The number of nitrogens with one attached hydrogen (secondary N) is 1. The molecule has 0 fully saturated rings. The molecule has 4 nitrogen and oxygen atoms in total. The zero-order chi connectivity index (χ0) is 15.7. The van der Waals surface area contributed by atoms with Gasteiger partial charge in [0.05, 0.1) is 4.90 Å². The summed E-state index contributed by atoms with van der Waals surface area (Å²) in [5, 5.41) is 8.58. The van der Waals surface area contributed by atoms with Crippen molar-refractivity contribution in [1.29, 1.82) is 0 Å². The molecule has 0 heterocycles. The molecule has 0 saturated heterocycles. The third-order valence-corrected chi connectivity index (χ3v) is 5.02. The fourth-order valence-corrected chi connectivity index (χ4v) is 3.18. The van der Waals surface area contributed by atoms with Gasteiger partial charge >= 0.3 is 0 Å². The minimum atomic E-state index is -3.63. The number of benzene rings is 1. The lowest BCUT2D eigenvalue weighted by Crippen LogP contribution is -2.20. The Bertz CT molecular complexity index is 518. The Morgan fingerprint density at radius 1 is 1.24 bits per heavy atom. The van der Waals surface area contributed by atoms with Crippen molar-refractivity contribution in [3.8, 4) is 0 Å². The van der Waals surface area contributed by atoms with Crippen LogP contribution in [-0.4, -0.2) is 27.0 Å². The van der Waals surface area contributed by atoms with Crippen LogP contribution in [0.1, 0.15) is 44.2 Å². The first-order valence-electron chi connectivity index (χ1n) is 7.30. The standard InChI is InChI=1S/C15H26N2O2S2/c1-13(17-10-5-3-4-6-11-20-2)14-8-7-9-15(12-14)21(16,18)19/h7-9,12-13,17H,3-6,10-11H2,1-2H3,(H2,16,18,19). The maximum Gasteiger partial charge on any atom is 0.238 e. The highest BCUT2D eigenvalue weighted by Crippen LogP contribution is 2.16. The van der Waals surface area contributed by atoms with Gasteiger partial charge in [-0.25, -0.2) is 13.6 Å². The molecule has 0 aliphatic carbocycles. The number of nitrogens with two attached hydrogens (primary N) is 1. The second-order valence-electron chi connectivity index (χ2n) is 5.20. The Kier molecular flexibility index (Phi) is 8.33. The summed E-state index contributed by atoms with van der Waals surface area (Å²) in [7, 11) is -3.63. The molecule has 0 aliphatic rings. The van der Waals surface area contributed by atoms with Crippen LogP contribution in [0.15, 0.2) is 29.2 Å². The van der Waals surface area contributed by atoms with Gasteiger partial charge in [0.25, 0.3) is 0 Å². The zero-order valence-corrected chi connectivity index (χ0v) is 14.5. The first kappa shape index (κ1) is 18.5. The van der Waals surface area contributed by atoms with Crippen LogP contribution in [0.25, 0.3) is 0 Å². The summed E-state index contributed by atoms with van der Waals surface area (Å²) in [5.41, 5.74) is 0.948. The van der Waals surface area contributed by atoms with Crippen LogP contribution >= 0.6 is 11.8 Å². The maximum absolute atomic E-state index is 11.3. The molecule has 0 aliphatic heterocycles. The summed E-state index contributed by atoms with van der Waals surface area (Å²) in [5.74, 6) is 1.24. The van der Waals surface area contributed by atoms with E-state index in [4.69, 9.17) is 5.14 Å². The highest BCUT2D eigenvalue weighted by molar-refractivity contribution is 7.98. The lowest BCUT2D eigenvalue weighted by Gasteiger charge is -2.15. The van der Waals surface area contributed by atoms with Gasteiger partial charge in [-0.3, -0.25) is 0 Å². The lowest BCUT2D eigenvalue weighted by molar-refractivity contribution is 0.536. The summed E-state index contributed by atoms with van der Waals surface area (Å²) in [4.78, 5) is 0.172. The summed E-state index contributed by atoms with van der Waals surface area (Å²) in [6.07, 6.45) is 7.08. The number of primary sulfonamides is 1. The number of rotatable bonds is 10. The monoisotopic (exact) mass is 330 g/mol. The van der Waals surface area contributed by atoms with Crippen LogP contribution < -0.4 is 10.5 Å². The van der Waals surface area contributed by atoms with E-state index in [1.54, 1.807) is 12.1 Å². The molecule has 1 aromatic carbocycles. The molecule has 0 spiro atoms. The Labute approximate surface area is 132 Å². The molecule has 1 rings (SSSR count). The summed E-state index contributed by atoms with van der Waals surface area (Å²) in [6, 6.07) is 6.95. The van der Waals surface area contributed by atoms with E-state index >= 15 is 0 Å². The topological polar surface area (TPSA) is 72.2 Å². The van der Waals surface area contributed by atoms with E-state index in [1.807, 2.05) is 24.8 Å². The average Bonchev–Trinajstić information content (AvgIpc) is 2.45. The number of hydrogen-bond donors (Lipinski definition) is 2. The summed E-state index contributed by atoms with van der Waals surface area (Å²) in [6.45, 7) is 2.98. The van der Waals surface area contributed by atoms with Crippen LogP contribution in [0, 0.1) is 0 Å². The summed E-state index contributed by atoms with van der Waals surface area (Å²) < 4.78 is 22.7. The molecule has 0 bridgehead atoms. The first-order valence-corrected chi connectivity index (χ1v) is 10.2. The van der Waals surface area contributed by atoms with E-state index in [-0.39, 0.29) is 10.9 Å². The van der Waals surface area contributed by atoms with Crippen molar-refractivity contribution in [3.05, 3.63) is 29.8 Å². The van der Waals surface area contributed by atoms with Crippen LogP contribution in [0.2, 0.25) is 0 Å². The predicted octanol–water partition coefficient (Wildman–Crippen LogP) is 2.91. The molecule has 120 valence electrons. The van der Waals surface area contributed by atoms with Crippen LogP contribution in [0.5, 0.6) is 0 Å². The largest absolute Gasteiger partial charge is 0.310 e. The number of thioether (sulfide) groups is 1. The molecule has 1 unspecified atom stereocenters. The smallest absolute Gasteiger partial charge is 0.238 e. The fraction of sp³-hybridized carbons (Fsp3) is 0.600. The molecule has 0 aromatic heterocycles. The fourth-order valence-electron chi connectivity index (χ4n) is 2.12. The van der Waals surface area contributed by atoms with Crippen LogP contribution in [-0.2, 0) is 10.0 Å². The minimum Gasteiger partial charge on any atom is -0.310 e. The Hall–Kier alpha value is -0.560. The van der Waals surface area contributed by atoms with Gasteiger partial charge in [-0.05, 0) is 56.0 Å². The highest BCUT2D eigenvalue weighted by Gasteiger charge is 2.11. The Morgan fingerprint density at radius 3 is 2.62 bits per heavy atom. The van der Waals surface area contributed by atoms with E-state index in [9.17, 15) is 8.42 Å². The molecular formula is C15H26N2O2S2. The quantitative estimate of drug-likeness (QED) is 0.647. The van der Waals surface area contributed by atoms with Gasteiger partial charge in [0.15, 0.2) is 0 Å². The van der Waals surface area contributed by atoms with E-state index in [1.165, 1.54) is 31.1 Å². The molecule has 0 saturated carbocycles. The van der Waals surface area contributed by atoms with Crippen molar-refractivity contribution in [3.63, 3.8) is 0 Å². The maximum atomic E-state index is 11.3. The Balaban J connectivity index is 2.37. The average molecular weight is 331 g/mol. The summed E-state index contributed by atoms with van der Waals surface area (Å²) >= 11 is 1.90. The predicted molar refractivity (Wildman–Crippen MR) is 91.1 cm³/mol. The number of unbranched alkanes of at least 4 members (excludes halogenated alkanes) is 3. The van der Waals surface area contributed by atoms with Gasteiger partial charge < -0.3 is 5.32 Å². The molecule has 1 aromatic rings. The third-order valence-electron chi connectivity index (χ3n) is 3.41. The molecule has 3 N–H and O–H groups in total. The minimum absolute atomic E-state index is 0.123. The van der Waals surface area contributed by atoms with Gasteiger partial charge in [-0.15, -0.1) is 0 Å². The molecule has 6 heteroatoms. The van der Waals surface area contributed by atoms with Gasteiger partial charge in [0.2, 0.25) is 10.0 Å². The van der Waals surface area contributed by atoms with Gasteiger partial charge in [0.1, 0.15) is 0 Å². The van der Waals surface area contributed by atoms with E-state index in [0.29, 0.717) is 0 Å². The van der Waals surface area contributed by atoms with Crippen molar-refractivity contribution in [1.82, 2.24) is 5.32 Å². The number of sulfonamides is 1. The van der Waals surface area contributed by atoms with Gasteiger partial charge in [-0.2, -0.15) is 11.8 Å². The Morgan fingerprint density at radius 2 is 1.95 bits per heavy atom. The molecular weight excluding hydrogens is 304 g/mol. The zero-order valence-electron chi connectivity index (χ0n) is 12.8. The van der Waals surface area contributed by atoms with E-state index < -0.39 is 10.0 Å². The van der Waals surface area contributed by atoms with Crippen molar-refractivity contribution in [2.75, 3.05) is 18.6 Å². The van der Waals surface area contributed by atoms with Crippen molar-refractivity contribution < 1.29 is 8.42 Å². The number of hydrogen-bond acceptors (Lipinski definition) is 4. The SMILES string of the molecule is CSCCCCCCNC(C)c1cccc(S(N)(=O)=O)c1. The lowest BCUT2D eigenvalue weighted by atomic mass is 10.1. The van der Waals surface area contributed by atoms with Crippen molar-refractivity contribution in [2.45, 2.75) is 43.5 Å². The third kappa shape index (κ3) is 7.31. The normalized spacial score (nSPS) is 13.3. The van der Waals surface area contributed by atoms with Crippen molar-refractivity contribution >= 4 is 21.8 Å². The van der Waals surface area contributed by atoms with Crippen LogP contribution in [0.4, 0.5) is 0 Å². The van der Waals surface area contributed by atoms with Crippen molar-refractivity contribution in [2.24, 2.45) is 5.14 Å². The molecule has 0 amide bonds. The molecule has 1 atom stereocenters. The van der Waals surface area contributed by atoms with Gasteiger partial charge in [0, 0.05) is 6.04 Å². The highest BCUT2D eigenvalue weighted by atomic mass is 32.2. The molecule has 21 heavy (non-hydrogen) atoms.